The normalized spacial score (nSPS) is 16.7. The minimum absolute atomic E-state index is 0.232. The highest BCUT2D eigenvalue weighted by molar-refractivity contribution is 6.35. The highest BCUT2D eigenvalue weighted by Crippen LogP contribution is 2.26. The van der Waals surface area contributed by atoms with Gasteiger partial charge in [-0.1, -0.05) is 36.2 Å². The van der Waals surface area contributed by atoms with E-state index in [1.807, 2.05) is 30.0 Å². The first-order chi connectivity index (χ1) is 9.11. The standard InChI is InChI=1S/C14H18Cl2N2O/c1-2-14(19)18-8-6-17(7-9-18)10-11-12(15)4-3-5-13(11)16/h3-5H,2,6-10H2,1H3. The van der Waals surface area contributed by atoms with Crippen LogP contribution < -0.4 is 0 Å². The maximum Gasteiger partial charge on any atom is 0.222 e. The molecule has 0 radical (unpaired) electrons. The van der Waals surface area contributed by atoms with Crippen LogP contribution in [0.1, 0.15) is 18.9 Å². The zero-order chi connectivity index (χ0) is 13.8. The van der Waals surface area contributed by atoms with Crippen molar-refractivity contribution in [1.82, 2.24) is 9.80 Å². The lowest BCUT2D eigenvalue weighted by molar-refractivity contribution is -0.132. The van der Waals surface area contributed by atoms with Gasteiger partial charge in [0.1, 0.15) is 0 Å². The van der Waals surface area contributed by atoms with Crippen LogP contribution in [0.4, 0.5) is 0 Å². The van der Waals surface area contributed by atoms with Gasteiger partial charge in [-0.3, -0.25) is 9.69 Å². The fourth-order valence-corrected chi connectivity index (χ4v) is 2.80. The summed E-state index contributed by atoms with van der Waals surface area (Å²) in [6.45, 7) is 5.95. The molecule has 0 aliphatic carbocycles. The van der Waals surface area contributed by atoms with Gasteiger partial charge in [0.05, 0.1) is 0 Å². The van der Waals surface area contributed by atoms with E-state index in [1.165, 1.54) is 0 Å². The number of nitrogens with zero attached hydrogens (tertiary/aromatic N) is 2. The van der Waals surface area contributed by atoms with Crippen LogP contribution >= 0.6 is 23.2 Å². The zero-order valence-corrected chi connectivity index (χ0v) is 12.5. The Balaban J connectivity index is 1.94. The molecule has 0 atom stereocenters. The summed E-state index contributed by atoms with van der Waals surface area (Å²) in [5.41, 5.74) is 0.973. The van der Waals surface area contributed by atoms with Crippen LogP contribution in [-0.4, -0.2) is 41.9 Å². The van der Waals surface area contributed by atoms with E-state index in [9.17, 15) is 4.79 Å². The van der Waals surface area contributed by atoms with Gasteiger partial charge in [-0.25, -0.2) is 0 Å². The second-order valence-corrected chi connectivity index (χ2v) is 5.53. The molecular formula is C14H18Cl2N2O. The number of halogens is 2. The summed E-state index contributed by atoms with van der Waals surface area (Å²) >= 11 is 12.3. The van der Waals surface area contributed by atoms with Crippen molar-refractivity contribution in [1.29, 1.82) is 0 Å². The third-order valence-electron chi connectivity index (χ3n) is 3.47. The highest BCUT2D eigenvalue weighted by atomic mass is 35.5. The molecule has 1 aromatic carbocycles. The summed E-state index contributed by atoms with van der Waals surface area (Å²) in [6, 6.07) is 5.57. The molecule has 1 aliphatic heterocycles. The Morgan fingerprint density at radius 3 is 2.26 bits per heavy atom. The van der Waals surface area contributed by atoms with Crippen LogP contribution in [0.5, 0.6) is 0 Å². The third-order valence-corrected chi connectivity index (χ3v) is 4.18. The Hall–Kier alpha value is -0.770. The highest BCUT2D eigenvalue weighted by Gasteiger charge is 2.21. The van der Waals surface area contributed by atoms with E-state index < -0.39 is 0 Å². The van der Waals surface area contributed by atoms with Gasteiger partial charge in [0.25, 0.3) is 0 Å². The number of hydrogen-bond donors (Lipinski definition) is 0. The van der Waals surface area contributed by atoms with Crippen molar-refractivity contribution in [3.63, 3.8) is 0 Å². The Bertz CT molecular complexity index is 437. The third kappa shape index (κ3) is 3.62. The van der Waals surface area contributed by atoms with Crippen molar-refractivity contribution >= 4 is 29.1 Å². The van der Waals surface area contributed by atoms with Gasteiger partial charge in [0.2, 0.25) is 5.91 Å². The first kappa shape index (κ1) is 14.6. The molecule has 1 fully saturated rings. The molecule has 0 unspecified atom stereocenters. The Morgan fingerprint density at radius 1 is 1.16 bits per heavy atom. The molecular weight excluding hydrogens is 283 g/mol. The van der Waals surface area contributed by atoms with Crippen LogP contribution in [0.25, 0.3) is 0 Å². The quantitative estimate of drug-likeness (QED) is 0.856. The molecule has 0 bridgehead atoms. The molecule has 1 aromatic rings. The molecule has 1 aliphatic rings. The van der Waals surface area contributed by atoms with Gasteiger partial charge in [-0.15, -0.1) is 0 Å². The van der Waals surface area contributed by atoms with Crippen LogP contribution in [-0.2, 0) is 11.3 Å². The summed E-state index contributed by atoms with van der Waals surface area (Å²) in [7, 11) is 0. The molecule has 3 nitrogen and oxygen atoms in total. The lowest BCUT2D eigenvalue weighted by Crippen LogP contribution is -2.48. The molecule has 1 heterocycles. The Kier molecular flexibility index (Phi) is 5.08. The largest absolute Gasteiger partial charge is 0.340 e. The molecule has 0 N–H and O–H groups in total. The SMILES string of the molecule is CCC(=O)N1CCN(Cc2c(Cl)cccc2Cl)CC1. The summed E-state index contributed by atoms with van der Waals surface area (Å²) in [4.78, 5) is 15.8. The van der Waals surface area contributed by atoms with E-state index in [-0.39, 0.29) is 5.91 Å². The van der Waals surface area contributed by atoms with E-state index in [0.29, 0.717) is 16.5 Å². The molecule has 0 spiro atoms. The van der Waals surface area contributed by atoms with E-state index >= 15 is 0 Å². The van der Waals surface area contributed by atoms with Crippen molar-refractivity contribution in [2.75, 3.05) is 26.2 Å². The van der Waals surface area contributed by atoms with E-state index in [2.05, 4.69) is 4.90 Å². The van der Waals surface area contributed by atoms with Gasteiger partial charge < -0.3 is 4.90 Å². The van der Waals surface area contributed by atoms with Gasteiger partial charge in [-0.05, 0) is 12.1 Å². The molecule has 0 saturated carbocycles. The first-order valence-electron chi connectivity index (χ1n) is 6.55. The molecule has 104 valence electrons. The van der Waals surface area contributed by atoms with Crippen molar-refractivity contribution in [3.05, 3.63) is 33.8 Å². The van der Waals surface area contributed by atoms with Crippen molar-refractivity contribution in [2.24, 2.45) is 0 Å². The van der Waals surface area contributed by atoms with Gasteiger partial charge >= 0.3 is 0 Å². The Labute approximate surface area is 124 Å². The van der Waals surface area contributed by atoms with Crippen LogP contribution in [0.2, 0.25) is 10.0 Å². The predicted molar refractivity (Wildman–Crippen MR) is 78.6 cm³/mol. The fraction of sp³-hybridized carbons (Fsp3) is 0.500. The van der Waals surface area contributed by atoms with E-state index in [0.717, 1.165) is 38.3 Å². The zero-order valence-electron chi connectivity index (χ0n) is 11.0. The average Bonchev–Trinajstić information content (AvgIpc) is 2.43. The summed E-state index contributed by atoms with van der Waals surface area (Å²) < 4.78 is 0. The number of piperazine rings is 1. The molecule has 0 aromatic heterocycles. The molecule has 1 saturated heterocycles. The topological polar surface area (TPSA) is 23.6 Å². The monoisotopic (exact) mass is 300 g/mol. The van der Waals surface area contributed by atoms with Crippen LogP contribution in [0, 0.1) is 0 Å². The molecule has 2 rings (SSSR count). The lowest BCUT2D eigenvalue weighted by Gasteiger charge is -2.34. The lowest BCUT2D eigenvalue weighted by atomic mass is 10.2. The Morgan fingerprint density at radius 2 is 1.74 bits per heavy atom. The summed E-state index contributed by atoms with van der Waals surface area (Å²) in [5, 5.41) is 1.42. The molecule has 1 amide bonds. The smallest absolute Gasteiger partial charge is 0.222 e. The van der Waals surface area contributed by atoms with Crippen LogP contribution in [0.15, 0.2) is 18.2 Å². The summed E-state index contributed by atoms with van der Waals surface area (Å²) in [5.74, 6) is 0.232. The number of carbonyl (C=O) groups excluding carboxylic acids is 1. The second kappa shape index (κ2) is 6.60. The maximum absolute atomic E-state index is 11.6. The minimum atomic E-state index is 0.232. The van der Waals surface area contributed by atoms with Gasteiger partial charge in [0.15, 0.2) is 0 Å². The van der Waals surface area contributed by atoms with Gasteiger partial charge in [0, 0.05) is 54.8 Å². The molecule has 5 heteroatoms. The van der Waals surface area contributed by atoms with E-state index in [1.54, 1.807) is 0 Å². The predicted octanol–water partition coefficient (Wildman–Crippen LogP) is 3.05. The second-order valence-electron chi connectivity index (χ2n) is 4.71. The fourth-order valence-electron chi connectivity index (χ4n) is 2.29. The van der Waals surface area contributed by atoms with Crippen molar-refractivity contribution in [2.45, 2.75) is 19.9 Å². The average molecular weight is 301 g/mol. The number of amides is 1. The maximum atomic E-state index is 11.6. The van der Waals surface area contributed by atoms with E-state index in [4.69, 9.17) is 23.2 Å². The van der Waals surface area contributed by atoms with Crippen molar-refractivity contribution in [3.8, 4) is 0 Å². The van der Waals surface area contributed by atoms with Crippen molar-refractivity contribution < 1.29 is 4.79 Å². The summed E-state index contributed by atoms with van der Waals surface area (Å²) in [6.07, 6.45) is 0.580. The first-order valence-corrected chi connectivity index (χ1v) is 7.30. The molecule has 19 heavy (non-hydrogen) atoms. The minimum Gasteiger partial charge on any atom is -0.340 e. The van der Waals surface area contributed by atoms with Crippen LogP contribution in [0.3, 0.4) is 0 Å². The number of hydrogen-bond acceptors (Lipinski definition) is 2. The number of benzene rings is 1. The number of carbonyl (C=O) groups is 1. The number of rotatable bonds is 3. The van der Waals surface area contributed by atoms with Gasteiger partial charge in [-0.2, -0.15) is 0 Å².